The Hall–Kier alpha value is -1.59. The Labute approximate surface area is 158 Å². The van der Waals surface area contributed by atoms with Gasteiger partial charge in [0.15, 0.2) is 5.96 Å². The predicted molar refractivity (Wildman–Crippen MR) is 107 cm³/mol. The van der Waals surface area contributed by atoms with Crippen molar-refractivity contribution in [3.63, 3.8) is 0 Å². The van der Waals surface area contributed by atoms with Gasteiger partial charge < -0.3 is 15.4 Å². The van der Waals surface area contributed by atoms with Crippen molar-refractivity contribution in [2.45, 2.75) is 63.8 Å². The predicted octanol–water partition coefficient (Wildman–Crippen LogP) is 2.77. The van der Waals surface area contributed by atoms with Gasteiger partial charge in [-0.3, -0.25) is 9.89 Å². The van der Waals surface area contributed by atoms with Crippen molar-refractivity contribution in [1.29, 1.82) is 0 Å². The molecule has 0 bridgehead atoms. The summed E-state index contributed by atoms with van der Waals surface area (Å²) in [6, 6.07) is 11.8. The van der Waals surface area contributed by atoms with Crippen molar-refractivity contribution < 1.29 is 4.74 Å². The van der Waals surface area contributed by atoms with Crippen LogP contribution in [0.25, 0.3) is 0 Å². The standard InChI is InChI=1S/C21H34N4O/c1-17-15-19(11-13-25(17)16-18-7-4-3-5-8-18)24-21(22-2)23-12-10-20-9-6-14-26-20/h3-5,7-8,17,19-20H,6,9-16H2,1-2H3,(H2,22,23,24). The highest BCUT2D eigenvalue weighted by atomic mass is 16.5. The molecule has 0 spiro atoms. The van der Waals surface area contributed by atoms with Crippen LogP contribution in [-0.2, 0) is 11.3 Å². The van der Waals surface area contributed by atoms with Crippen LogP contribution in [0.1, 0.15) is 44.6 Å². The van der Waals surface area contributed by atoms with Crippen LogP contribution in [0.4, 0.5) is 0 Å². The van der Waals surface area contributed by atoms with Gasteiger partial charge in [0.05, 0.1) is 6.10 Å². The highest BCUT2D eigenvalue weighted by Crippen LogP contribution is 2.20. The number of rotatable bonds is 6. The molecular weight excluding hydrogens is 324 g/mol. The van der Waals surface area contributed by atoms with Crippen molar-refractivity contribution >= 4 is 5.96 Å². The normalized spacial score (nSPS) is 27.5. The number of ether oxygens (including phenoxy) is 1. The van der Waals surface area contributed by atoms with Gasteiger partial charge in [0.1, 0.15) is 0 Å². The van der Waals surface area contributed by atoms with E-state index in [1.807, 2.05) is 7.05 Å². The average molecular weight is 359 g/mol. The molecule has 1 aromatic rings. The lowest BCUT2D eigenvalue weighted by Crippen LogP contribution is -2.51. The van der Waals surface area contributed by atoms with Crippen LogP contribution in [0.2, 0.25) is 0 Å². The summed E-state index contributed by atoms with van der Waals surface area (Å²) in [6.07, 6.45) is 6.21. The zero-order chi connectivity index (χ0) is 18.2. The van der Waals surface area contributed by atoms with Gasteiger partial charge in [0, 0.05) is 45.4 Å². The fourth-order valence-corrected chi connectivity index (χ4v) is 4.02. The highest BCUT2D eigenvalue weighted by molar-refractivity contribution is 5.79. The van der Waals surface area contributed by atoms with E-state index in [4.69, 9.17) is 4.74 Å². The van der Waals surface area contributed by atoms with Gasteiger partial charge in [0.2, 0.25) is 0 Å². The largest absolute Gasteiger partial charge is 0.378 e. The lowest BCUT2D eigenvalue weighted by Gasteiger charge is -2.38. The van der Waals surface area contributed by atoms with Crippen LogP contribution >= 0.6 is 0 Å². The Morgan fingerprint density at radius 3 is 2.81 bits per heavy atom. The summed E-state index contributed by atoms with van der Waals surface area (Å²) >= 11 is 0. The maximum Gasteiger partial charge on any atom is 0.191 e. The molecule has 2 N–H and O–H groups in total. The molecule has 144 valence electrons. The summed E-state index contributed by atoms with van der Waals surface area (Å²) in [7, 11) is 1.86. The highest BCUT2D eigenvalue weighted by Gasteiger charge is 2.26. The van der Waals surface area contributed by atoms with Gasteiger partial charge in [-0.25, -0.2) is 0 Å². The number of piperidine rings is 1. The molecule has 2 heterocycles. The molecule has 26 heavy (non-hydrogen) atoms. The molecule has 3 unspecified atom stereocenters. The molecule has 2 fully saturated rings. The van der Waals surface area contributed by atoms with E-state index in [1.165, 1.54) is 18.4 Å². The van der Waals surface area contributed by atoms with Crippen molar-refractivity contribution in [2.24, 2.45) is 4.99 Å². The first kappa shape index (κ1) is 19.2. The number of guanidine groups is 1. The van der Waals surface area contributed by atoms with Crippen molar-refractivity contribution in [1.82, 2.24) is 15.5 Å². The number of hydrogen-bond acceptors (Lipinski definition) is 3. The molecule has 1 aromatic carbocycles. The molecule has 0 aliphatic carbocycles. The maximum atomic E-state index is 5.69. The fourth-order valence-electron chi connectivity index (χ4n) is 4.02. The van der Waals surface area contributed by atoms with E-state index in [1.54, 1.807) is 0 Å². The lowest BCUT2D eigenvalue weighted by molar-refractivity contribution is 0.105. The minimum Gasteiger partial charge on any atom is -0.378 e. The van der Waals surface area contributed by atoms with Crippen molar-refractivity contribution in [2.75, 3.05) is 26.7 Å². The molecule has 2 aliphatic rings. The van der Waals surface area contributed by atoms with Gasteiger partial charge in [-0.1, -0.05) is 30.3 Å². The molecule has 2 aliphatic heterocycles. The van der Waals surface area contributed by atoms with E-state index >= 15 is 0 Å². The number of aliphatic imine (C=N–C) groups is 1. The summed E-state index contributed by atoms with van der Waals surface area (Å²) in [4.78, 5) is 6.98. The number of hydrogen-bond donors (Lipinski definition) is 2. The molecule has 3 rings (SSSR count). The van der Waals surface area contributed by atoms with E-state index in [0.717, 1.165) is 51.5 Å². The van der Waals surface area contributed by atoms with Gasteiger partial charge in [-0.2, -0.15) is 0 Å². The fraction of sp³-hybridized carbons (Fsp3) is 0.667. The Morgan fingerprint density at radius 1 is 1.27 bits per heavy atom. The second kappa shape index (κ2) is 9.93. The van der Waals surface area contributed by atoms with E-state index < -0.39 is 0 Å². The zero-order valence-corrected chi connectivity index (χ0v) is 16.3. The minimum atomic E-state index is 0.432. The molecule has 3 atom stereocenters. The first-order valence-electron chi connectivity index (χ1n) is 10.1. The van der Waals surface area contributed by atoms with Gasteiger partial charge in [-0.05, 0) is 44.6 Å². The summed E-state index contributed by atoms with van der Waals surface area (Å²) in [6.45, 7) is 6.36. The zero-order valence-electron chi connectivity index (χ0n) is 16.3. The van der Waals surface area contributed by atoms with Gasteiger partial charge in [0.25, 0.3) is 0 Å². The molecule has 0 radical (unpaired) electrons. The first-order chi connectivity index (χ1) is 12.7. The van der Waals surface area contributed by atoms with Crippen LogP contribution in [0.5, 0.6) is 0 Å². The molecular formula is C21H34N4O. The van der Waals surface area contributed by atoms with E-state index in [9.17, 15) is 0 Å². The van der Waals surface area contributed by atoms with E-state index in [2.05, 4.69) is 57.8 Å². The lowest BCUT2D eigenvalue weighted by atomic mass is 9.97. The third-order valence-electron chi connectivity index (χ3n) is 5.59. The third-order valence-corrected chi connectivity index (χ3v) is 5.59. The topological polar surface area (TPSA) is 48.9 Å². The van der Waals surface area contributed by atoms with Gasteiger partial charge >= 0.3 is 0 Å². The van der Waals surface area contributed by atoms with Gasteiger partial charge in [-0.15, -0.1) is 0 Å². The van der Waals surface area contributed by atoms with Crippen LogP contribution < -0.4 is 10.6 Å². The van der Waals surface area contributed by atoms with Crippen LogP contribution in [0.3, 0.4) is 0 Å². The number of benzene rings is 1. The SMILES string of the molecule is CN=C(NCCC1CCCO1)NC1CCN(Cc2ccccc2)C(C)C1. The molecule has 0 aromatic heterocycles. The average Bonchev–Trinajstić information content (AvgIpc) is 3.17. The van der Waals surface area contributed by atoms with Crippen molar-refractivity contribution in [3.05, 3.63) is 35.9 Å². The van der Waals surface area contributed by atoms with Crippen molar-refractivity contribution in [3.8, 4) is 0 Å². The molecule has 2 saturated heterocycles. The third kappa shape index (κ3) is 5.71. The smallest absolute Gasteiger partial charge is 0.191 e. The Kier molecular flexibility index (Phi) is 7.32. The second-order valence-corrected chi connectivity index (χ2v) is 7.59. The summed E-state index contributed by atoms with van der Waals surface area (Å²) < 4.78 is 5.69. The quantitative estimate of drug-likeness (QED) is 0.606. The maximum absolute atomic E-state index is 5.69. The van der Waals surface area contributed by atoms with E-state index in [-0.39, 0.29) is 0 Å². The Morgan fingerprint density at radius 2 is 2.12 bits per heavy atom. The molecule has 5 nitrogen and oxygen atoms in total. The molecule has 5 heteroatoms. The number of likely N-dealkylation sites (tertiary alicyclic amines) is 1. The van der Waals surface area contributed by atoms with E-state index in [0.29, 0.717) is 18.2 Å². The first-order valence-corrected chi connectivity index (χ1v) is 10.1. The van der Waals surface area contributed by atoms with Crippen LogP contribution in [0, 0.1) is 0 Å². The van der Waals surface area contributed by atoms with Crippen LogP contribution in [-0.4, -0.2) is 55.8 Å². The second-order valence-electron chi connectivity index (χ2n) is 7.59. The monoisotopic (exact) mass is 358 g/mol. The minimum absolute atomic E-state index is 0.432. The number of nitrogens with one attached hydrogen (secondary N) is 2. The molecule has 0 saturated carbocycles. The summed E-state index contributed by atoms with van der Waals surface area (Å²) in [5, 5.41) is 7.07. The summed E-state index contributed by atoms with van der Waals surface area (Å²) in [5.74, 6) is 0.928. The number of nitrogens with zero attached hydrogens (tertiary/aromatic N) is 2. The molecule has 0 amide bonds. The Balaban J connectivity index is 1.39. The Bertz CT molecular complexity index is 556. The summed E-state index contributed by atoms with van der Waals surface area (Å²) in [5.41, 5.74) is 1.40. The van der Waals surface area contributed by atoms with Crippen LogP contribution in [0.15, 0.2) is 35.3 Å².